The zero-order chi connectivity index (χ0) is 28.0. The van der Waals surface area contributed by atoms with Crippen LogP contribution in [0.5, 0.6) is 5.75 Å². The fourth-order valence-electron chi connectivity index (χ4n) is 3.76. The number of anilines is 1. The molecule has 0 aliphatic rings. The van der Waals surface area contributed by atoms with Crippen LogP contribution in [0.2, 0.25) is 10.0 Å². The van der Waals surface area contributed by atoms with E-state index in [2.05, 4.69) is 5.32 Å². The lowest BCUT2D eigenvalue weighted by Gasteiger charge is -2.32. The molecule has 0 aliphatic heterocycles. The third kappa shape index (κ3) is 6.78. The number of hydrogen-bond donors (Lipinski definition) is 1. The number of aryl methyl sites for hydroxylation is 1. The molecule has 2 amide bonds. The SMILES string of the molecule is CNC(=O)[C@@H](C)N(Cc1ccc(Cl)c(Cl)c1)C(=O)CN(c1cccc(OC)c1)S(=O)(=O)c1ccc(C)cc1. The van der Waals surface area contributed by atoms with E-state index in [1.165, 1.54) is 37.3 Å². The number of amides is 2. The van der Waals surface area contributed by atoms with Gasteiger partial charge in [-0.05, 0) is 55.8 Å². The summed E-state index contributed by atoms with van der Waals surface area (Å²) in [7, 11) is -1.24. The van der Waals surface area contributed by atoms with Crippen LogP contribution in [0.4, 0.5) is 5.69 Å². The standard InChI is InChI=1S/C27H29Cl2N3O5S/c1-18-8-11-23(12-9-18)38(35,36)32(21-6-5-7-22(15-21)37-4)17-26(33)31(19(2)27(34)30-3)16-20-10-13-24(28)25(29)14-20/h5-15,19H,16-17H2,1-4H3,(H,30,34)/t19-/m1/s1. The van der Waals surface area contributed by atoms with E-state index in [9.17, 15) is 18.0 Å². The van der Waals surface area contributed by atoms with E-state index in [-0.39, 0.29) is 17.1 Å². The first-order valence-corrected chi connectivity index (χ1v) is 13.9. The summed E-state index contributed by atoms with van der Waals surface area (Å²) >= 11 is 12.2. The van der Waals surface area contributed by atoms with Crippen molar-refractivity contribution in [3.8, 4) is 5.75 Å². The monoisotopic (exact) mass is 577 g/mol. The van der Waals surface area contributed by atoms with Crippen LogP contribution in [0.25, 0.3) is 0 Å². The van der Waals surface area contributed by atoms with E-state index in [4.69, 9.17) is 27.9 Å². The van der Waals surface area contributed by atoms with E-state index in [1.807, 2.05) is 6.92 Å². The summed E-state index contributed by atoms with van der Waals surface area (Å²) in [6, 6.07) is 16.7. The van der Waals surface area contributed by atoms with Gasteiger partial charge in [-0.2, -0.15) is 0 Å². The van der Waals surface area contributed by atoms with Crippen LogP contribution in [0.3, 0.4) is 0 Å². The Morgan fingerprint density at radius 2 is 1.68 bits per heavy atom. The maximum absolute atomic E-state index is 13.8. The number of methoxy groups -OCH3 is 1. The van der Waals surface area contributed by atoms with Crippen molar-refractivity contribution in [1.29, 1.82) is 0 Å². The number of sulfonamides is 1. The van der Waals surface area contributed by atoms with Gasteiger partial charge >= 0.3 is 0 Å². The van der Waals surface area contributed by atoms with Crippen LogP contribution in [-0.4, -0.2) is 51.9 Å². The van der Waals surface area contributed by atoms with Gasteiger partial charge in [-0.25, -0.2) is 8.42 Å². The molecule has 11 heteroatoms. The summed E-state index contributed by atoms with van der Waals surface area (Å²) < 4.78 is 33.9. The predicted octanol–water partition coefficient (Wildman–Crippen LogP) is 4.67. The van der Waals surface area contributed by atoms with Crippen molar-refractivity contribution in [2.75, 3.05) is 25.0 Å². The zero-order valence-electron chi connectivity index (χ0n) is 21.4. The summed E-state index contributed by atoms with van der Waals surface area (Å²) in [6.07, 6.45) is 0. The number of halogens is 2. The normalized spacial score (nSPS) is 11.9. The van der Waals surface area contributed by atoms with Gasteiger partial charge in [0.1, 0.15) is 18.3 Å². The third-order valence-electron chi connectivity index (χ3n) is 5.98. The third-order valence-corrected chi connectivity index (χ3v) is 8.51. The highest BCUT2D eigenvalue weighted by atomic mass is 35.5. The molecule has 38 heavy (non-hydrogen) atoms. The van der Waals surface area contributed by atoms with Crippen molar-refractivity contribution >= 4 is 50.7 Å². The maximum Gasteiger partial charge on any atom is 0.264 e. The van der Waals surface area contributed by atoms with Gasteiger partial charge in [0.2, 0.25) is 11.8 Å². The lowest BCUT2D eigenvalue weighted by Crippen LogP contribution is -2.50. The molecule has 0 unspecified atom stereocenters. The fourth-order valence-corrected chi connectivity index (χ4v) is 5.48. The molecular weight excluding hydrogens is 549 g/mol. The van der Waals surface area contributed by atoms with Crippen LogP contribution in [-0.2, 0) is 26.2 Å². The molecule has 0 saturated heterocycles. The van der Waals surface area contributed by atoms with Gasteiger partial charge in [0.05, 0.1) is 27.7 Å². The van der Waals surface area contributed by atoms with Crippen molar-refractivity contribution in [1.82, 2.24) is 10.2 Å². The Morgan fingerprint density at radius 1 is 1.00 bits per heavy atom. The van der Waals surface area contributed by atoms with Crippen LogP contribution in [0, 0.1) is 6.92 Å². The second-order valence-corrected chi connectivity index (χ2v) is 11.3. The van der Waals surface area contributed by atoms with Gasteiger partial charge in [0.25, 0.3) is 10.0 Å². The van der Waals surface area contributed by atoms with Gasteiger partial charge in [-0.1, -0.05) is 53.0 Å². The summed E-state index contributed by atoms with van der Waals surface area (Å²) in [5.41, 5.74) is 1.75. The number of hydrogen-bond acceptors (Lipinski definition) is 5. The second kappa shape index (κ2) is 12.5. The number of nitrogens with zero attached hydrogens (tertiary/aromatic N) is 2. The molecule has 0 spiro atoms. The molecule has 1 N–H and O–H groups in total. The smallest absolute Gasteiger partial charge is 0.264 e. The molecule has 3 rings (SSSR count). The zero-order valence-corrected chi connectivity index (χ0v) is 23.8. The minimum atomic E-state index is -4.17. The topological polar surface area (TPSA) is 96.0 Å². The number of rotatable bonds is 10. The highest BCUT2D eigenvalue weighted by Crippen LogP contribution is 2.28. The van der Waals surface area contributed by atoms with Crippen molar-refractivity contribution in [2.45, 2.75) is 31.3 Å². The highest BCUT2D eigenvalue weighted by molar-refractivity contribution is 7.92. The average molecular weight is 579 g/mol. The van der Waals surface area contributed by atoms with Crippen LogP contribution in [0.15, 0.2) is 71.6 Å². The Bertz CT molecular complexity index is 1410. The highest BCUT2D eigenvalue weighted by Gasteiger charge is 2.32. The summed E-state index contributed by atoms with van der Waals surface area (Å²) in [5, 5.41) is 3.18. The molecule has 3 aromatic carbocycles. The van der Waals surface area contributed by atoms with E-state index in [0.717, 1.165) is 9.87 Å². The van der Waals surface area contributed by atoms with Gasteiger partial charge < -0.3 is 15.0 Å². The summed E-state index contributed by atoms with van der Waals surface area (Å²) in [4.78, 5) is 27.7. The number of carbonyl (C=O) groups is 2. The molecular formula is C27H29Cl2N3O5S. The number of likely N-dealkylation sites (N-methyl/N-ethyl adjacent to an activating group) is 1. The first kappa shape index (κ1) is 29.3. The maximum atomic E-state index is 13.8. The Balaban J connectivity index is 2.06. The Kier molecular flexibility index (Phi) is 9.65. The summed E-state index contributed by atoms with van der Waals surface area (Å²) in [5.74, 6) is -0.580. The molecule has 0 fully saturated rings. The Hall–Kier alpha value is -3.27. The van der Waals surface area contributed by atoms with Gasteiger partial charge in [-0.15, -0.1) is 0 Å². The molecule has 0 bridgehead atoms. The van der Waals surface area contributed by atoms with Crippen molar-refractivity contribution in [3.63, 3.8) is 0 Å². The van der Waals surface area contributed by atoms with E-state index >= 15 is 0 Å². The lowest BCUT2D eigenvalue weighted by molar-refractivity contribution is -0.139. The van der Waals surface area contributed by atoms with Gasteiger partial charge in [0.15, 0.2) is 0 Å². The van der Waals surface area contributed by atoms with Crippen LogP contribution in [0.1, 0.15) is 18.1 Å². The number of ether oxygens (including phenoxy) is 1. The first-order valence-electron chi connectivity index (χ1n) is 11.7. The van der Waals surface area contributed by atoms with E-state index in [1.54, 1.807) is 55.5 Å². The lowest BCUT2D eigenvalue weighted by atomic mass is 10.1. The molecule has 0 saturated carbocycles. The number of nitrogens with one attached hydrogen (secondary N) is 1. The van der Waals surface area contributed by atoms with Crippen molar-refractivity contribution in [2.24, 2.45) is 0 Å². The molecule has 0 heterocycles. The number of carbonyl (C=O) groups excluding carboxylic acids is 2. The van der Waals surface area contributed by atoms with E-state index < -0.39 is 34.4 Å². The molecule has 202 valence electrons. The van der Waals surface area contributed by atoms with Crippen molar-refractivity contribution < 1.29 is 22.7 Å². The van der Waals surface area contributed by atoms with Crippen LogP contribution >= 0.6 is 23.2 Å². The Morgan fingerprint density at radius 3 is 2.29 bits per heavy atom. The predicted molar refractivity (Wildman–Crippen MR) is 149 cm³/mol. The van der Waals surface area contributed by atoms with E-state index in [0.29, 0.717) is 21.4 Å². The molecule has 0 aliphatic carbocycles. The van der Waals surface area contributed by atoms with Crippen LogP contribution < -0.4 is 14.4 Å². The molecule has 0 radical (unpaired) electrons. The Labute approximate surface area is 233 Å². The minimum Gasteiger partial charge on any atom is -0.497 e. The minimum absolute atomic E-state index is 0.000832. The average Bonchev–Trinajstić information content (AvgIpc) is 2.91. The summed E-state index contributed by atoms with van der Waals surface area (Å²) in [6.45, 7) is 2.85. The van der Waals surface area contributed by atoms with Gasteiger partial charge in [0, 0.05) is 19.7 Å². The van der Waals surface area contributed by atoms with Crippen molar-refractivity contribution in [3.05, 3.63) is 87.9 Å². The quantitative estimate of drug-likeness (QED) is 0.378. The second-order valence-electron chi connectivity index (χ2n) is 8.59. The molecule has 3 aromatic rings. The number of benzene rings is 3. The van der Waals surface area contributed by atoms with Gasteiger partial charge in [-0.3, -0.25) is 13.9 Å². The largest absolute Gasteiger partial charge is 0.497 e. The first-order chi connectivity index (χ1) is 18.0. The molecule has 1 atom stereocenters. The molecule has 8 nitrogen and oxygen atoms in total. The molecule has 0 aromatic heterocycles. The fraction of sp³-hybridized carbons (Fsp3) is 0.259.